The Balaban J connectivity index is 1.65. The van der Waals surface area contributed by atoms with Crippen molar-refractivity contribution in [3.05, 3.63) is 22.4 Å². The molecule has 2 saturated heterocycles. The number of piperidine rings is 1. The normalized spacial score (nSPS) is 21.3. The van der Waals surface area contributed by atoms with E-state index in [4.69, 9.17) is 4.74 Å². The molecule has 6 nitrogen and oxygen atoms in total. The highest BCUT2D eigenvalue weighted by molar-refractivity contribution is 7.12. The largest absolute Gasteiger partial charge is 0.378 e. The highest BCUT2D eigenvalue weighted by Gasteiger charge is 2.43. The third-order valence-electron chi connectivity index (χ3n) is 4.87. The monoisotopic (exact) mass is 337 g/mol. The van der Waals surface area contributed by atoms with E-state index in [0.717, 1.165) is 24.3 Å². The van der Waals surface area contributed by atoms with Gasteiger partial charge in [-0.25, -0.2) is 0 Å². The molecule has 1 aromatic rings. The van der Waals surface area contributed by atoms with E-state index in [-0.39, 0.29) is 17.4 Å². The van der Waals surface area contributed by atoms with Crippen molar-refractivity contribution < 1.29 is 14.3 Å². The summed E-state index contributed by atoms with van der Waals surface area (Å²) in [5, 5.41) is 4.62. The highest BCUT2D eigenvalue weighted by atomic mass is 32.1. The van der Waals surface area contributed by atoms with Gasteiger partial charge in [-0.15, -0.1) is 11.3 Å². The van der Waals surface area contributed by atoms with E-state index in [1.165, 1.54) is 11.3 Å². The Morgan fingerprint density at radius 2 is 2.13 bits per heavy atom. The number of nitrogens with one attached hydrogen (secondary N) is 1. The lowest BCUT2D eigenvalue weighted by Gasteiger charge is -2.50. The van der Waals surface area contributed by atoms with E-state index in [9.17, 15) is 9.59 Å². The van der Waals surface area contributed by atoms with Crippen LogP contribution in [-0.2, 0) is 9.53 Å². The molecule has 2 aliphatic heterocycles. The van der Waals surface area contributed by atoms with E-state index in [2.05, 4.69) is 10.2 Å². The minimum atomic E-state index is -0.114. The lowest BCUT2D eigenvalue weighted by molar-refractivity contribution is -0.131. The van der Waals surface area contributed by atoms with E-state index >= 15 is 0 Å². The Morgan fingerprint density at radius 3 is 2.78 bits per heavy atom. The quantitative estimate of drug-likeness (QED) is 0.886. The van der Waals surface area contributed by atoms with E-state index < -0.39 is 0 Å². The Bertz CT molecular complexity index is 553. The van der Waals surface area contributed by atoms with Crippen LogP contribution in [0, 0.1) is 0 Å². The number of hydrogen-bond acceptors (Lipinski definition) is 5. The van der Waals surface area contributed by atoms with Gasteiger partial charge in [-0.05, 0) is 24.3 Å². The Morgan fingerprint density at radius 1 is 1.35 bits per heavy atom. The molecular formula is C16H23N3O3S. The van der Waals surface area contributed by atoms with Crippen LogP contribution in [0.15, 0.2) is 17.5 Å². The minimum absolute atomic E-state index is 0.0309. The summed E-state index contributed by atoms with van der Waals surface area (Å²) in [6.45, 7) is 3.90. The molecule has 1 spiro atoms. The number of ether oxygens (including phenoxy) is 1. The van der Waals surface area contributed by atoms with Crippen LogP contribution < -0.4 is 5.32 Å². The molecule has 2 aliphatic rings. The molecule has 0 saturated carbocycles. The molecule has 2 fully saturated rings. The first kappa shape index (κ1) is 16.4. The van der Waals surface area contributed by atoms with Crippen molar-refractivity contribution in [3.63, 3.8) is 0 Å². The smallest absolute Gasteiger partial charge is 0.263 e. The number of likely N-dealkylation sites (tertiary alicyclic amines) is 1. The number of hydrogen-bond donors (Lipinski definition) is 1. The molecule has 0 atom stereocenters. The van der Waals surface area contributed by atoms with Gasteiger partial charge in [0.25, 0.3) is 5.91 Å². The molecular weight excluding hydrogens is 314 g/mol. The van der Waals surface area contributed by atoms with Crippen LogP contribution in [0.3, 0.4) is 0 Å². The predicted octanol–water partition coefficient (Wildman–Crippen LogP) is 0.801. The first-order valence-corrected chi connectivity index (χ1v) is 8.89. The van der Waals surface area contributed by atoms with Gasteiger partial charge in [0.2, 0.25) is 5.91 Å². The summed E-state index contributed by atoms with van der Waals surface area (Å²) in [6.07, 6.45) is 1.70. The summed E-state index contributed by atoms with van der Waals surface area (Å²) in [6, 6.07) is 3.78. The number of amides is 2. The maximum Gasteiger partial charge on any atom is 0.263 e. The fourth-order valence-corrected chi connectivity index (χ4v) is 4.10. The van der Waals surface area contributed by atoms with Crippen LogP contribution in [0.25, 0.3) is 0 Å². The summed E-state index contributed by atoms with van der Waals surface area (Å²) in [5.74, 6) is 0.146. The zero-order chi connectivity index (χ0) is 16.3. The second-order valence-electron chi connectivity index (χ2n) is 6.14. The topological polar surface area (TPSA) is 61.9 Å². The van der Waals surface area contributed by atoms with Gasteiger partial charge >= 0.3 is 0 Å². The Hall–Kier alpha value is -1.44. The first-order valence-electron chi connectivity index (χ1n) is 8.01. The van der Waals surface area contributed by atoms with Crippen molar-refractivity contribution in [2.24, 2.45) is 0 Å². The van der Waals surface area contributed by atoms with Crippen molar-refractivity contribution in [2.45, 2.75) is 18.4 Å². The molecule has 1 N–H and O–H groups in total. The van der Waals surface area contributed by atoms with Gasteiger partial charge in [-0.1, -0.05) is 6.07 Å². The average Bonchev–Trinajstić information content (AvgIpc) is 3.11. The van der Waals surface area contributed by atoms with Crippen LogP contribution in [0.1, 0.15) is 22.5 Å². The lowest BCUT2D eigenvalue weighted by Crippen LogP contribution is -2.63. The summed E-state index contributed by atoms with van der Waals surface area (Å²) >= 11 is 1.48. The molecule has 23 heavy (non-hydrogen) atoms. The van der Waals surface area contributed by atoms with E-state index in [1.54, 1.807) is 7.05 Å². The highest BCUT2D eigenvalue weighted by Crippen LogP contribution is 2.32. The second-order valence-corrected chi connectivity index (χ2v) is 7.09. The van der Waals surface area contributed by atoms with Crippen LogP contribution >= 0.6 is 11.3 Å². The van der Waals surface area contributed by atoms with Crippen molar-refractivity contribution in [1.29, 1.82) is 0 Å². The van der Waals surface area contributed by atoms with Crippen LogP contribution in [0.2, 0.25) is 0 Å². The average molecular weight is 337 g/mol. The molecule has 0 unspecified atom stereocenters. The molecule has 7 heteroatoms. The fraction of sp³-hybridized carbons (Fsp3) is 0.625. The Kier molecular flexibility index (Phi) is 4.99. The third-order valence-corrected chi connectivity index (χ3v) is 5.73. The standard InChI is InChI=1S/C16H23N3O3S/c1-17-14(20)11-19-8-9-22-12-16(19)4-6-18(7-5-16)15(21)13-3-2-10-23-13/h2-3,10H,4-9,11-12H2,1H3,(H,17,20). The molecule has 0 aromatic carbocycles. The number of thiophene rings is 1. The number of carbonyl (C=O) groups is 2. The summed E-state index contributed by atoms with van der Waals surface area (Å²) in [7, 11) is 1.66. The van der Waals surface area contributed by atoms with Crippen LogP contribution in [-0.4, -0.2) is 73.6 Å². The Labute approximate surface area is 140 Å². The zero-order valence-corrected chi connectivity index (χ0v) is 14.2. The maximum absolute atomic E-state index is 12.5. The van der Waals surface area contributed by atoms with Gasteiger partial charge in [0, 0.05) is 32.2 Å². The SMILES string of the molecule is CNC(=O)CN1CCOCC12CCN(C(=O)c1cccs1)CC2. The second kappa shape index (κ2) is 6.98. The van der Waals surface area contributed by atoms with E-state index in [1.807, 2.05) is 22.4 Å². The van der Waals surface area contributed by atoms with Crippen LogP contribution in [0.5, 0.6) is 0 Å². The van der Waals surface area contributed by atoms with Crippen molar-refractivity contribution in [1.82, 2.24) is 15.1 Å². The first-order chi connectivity index (χ1) is 11.1. The maximum atomic E-state index is 12.5. The molecule has 3 rings (SSSR count). The van der Waals surface area contributed by atoms with Crippen LogP contribution in [0.4, 0.5) is 0 Å². The fourth-order valence-electron chi connectivity index (χ4n) is 3.41. The zero-order valence-electron chi connectivity index (χ0n) is 13.4. The number of carbonyl (C=O) groups excluding carboxylic acids is 2. The van der Waals surface area contributed by atoms with Gasteiger partial charge in [-0.2, -0.15) is 0 Å². The van der Waals surface area contributed by atoms with Gasteiger partial charge in [-0.3, -0.25) is 14.5 Å². The lowest BCUT2D eigenvalue weighted by atomic mass is 9.85. The molecule has 2 amide bonds. The number of likely N-dealkylation sites (N-methyl/N-ethyl adjacent to an activating group) is 1. The van der Waals surface area contributed by atoms with Gasteiger partial charge in [0.1, 0.15) is 0 Å². The number of nitrogens with zero attached hydrogens (tertiary/aromatic N) is 2. The van der Waals surface area contributed by atoms with Gasteiger partial charge < -0.3 is 15.0 Å². The number of morpholine rings is 1. The summed E-state index contributed by atoms with van der Waals surface area (Å²) in [4.78, 5) is 29.2. The molecule has 126 valence electrons. The number of rotatable bonds is 3. The third kappa shape index (κ3) is 3.41. The summed E-state index contributed by atoms with van der Waals surface area (Å²) in [5.41, 5.74) is -0.114. The van der Waals surface area contributed by atoms with Gasteiger partial charge in [0.15, 0.2) is 0 Å². The molecule has 1 aromatic heterocycles. The van der Waals surface area contributed by atoms with Crippen molar-refractivity contribution >= 4 is 23.2 Å². The minimum Gasteiger partial charge on any atom is -0.378 e. The van der Waals surface area contributed by atoms with Crippen molar-refractivity contribution in [3.8, 4) is 0 Å². The summed E-state index contributed by atoms with van der Waals surface area (Å²) < 4.78 is 5.70. The molecule has 0 bridgehead atoms. The molecule has 3 heterocycles. The predicted molar refractivity (Wildman–Crippen MR) is 88.6 cm³/mol. The molecule has 0 radical (unpaired) electrons. The van der Waals surface area contributed by atoms with Crippen molar-refractivity contribution in [2.75, 3.05) is 46.4 Å². The van der Waals surface area contributed by atoms with Gasteiger partial charge in [0.05, 0.1) is 24.6 Å². The van der Waals surface area contributed by atoms with E-state index in [0.29, 0.717) is 32.8 Å². The molecule has 0 aliphatic carbocycles.